The number of morpholine rings is 1. The maximum absolute atomic E-state index is 12.5. The van der Waals surface area contributed by atoms with E-state index in [1.165, 1.54) is 0 Å². The number of aryl methyl sites for hydroxylation is 1. The zero-order valence-corrected chi connectivity index (χ0v) is 17.5. The van der Waals surface area contributed by atoms with E-state index in [9.17, 15) is 4.79 Å². The van der Waals surface area contributed by atoms with Crippen molar-refractivity contribution in [2.75, 3.05) is 36.5 Å². The Kier molecular flexibility index (Phi) is 6.04. The summed E-state index contributed by atoms with van der Waals surface area (Å²) < 4.78 is 11.6. The normalized spacial score (nSPS) is 14.2. The van der Waals surface area contributed by atoms with Crippen molar-refractivity contribution < 1.29 is 14.1 Å². The van der Waals surface area contributed by atoms with Crippen molar-refractivity contribution in [1.29, 1.82) is 0 Å². The van der Waals surface area contributed by atoms with E-state index in [4.69, 9.17) is 9.26 Å². The average molecular weight is 463 g/mol. The number of rotatable bonds is 6. The number of thiophene rings is 1. The smallest absolute Gasteiger partial charge is 0.227 e. The summed E-state index contributed by atoms with van der Waals surface area (Å²) in [5.41, 5.74) is 1.78. The lowest BCUT2D eigenvalue weighted by atomic mass is 10.2. The highest BCUT2D eigenvalue weighted by molar-refractivity contribution is 9.10. The van der Waals surface area contributed by atoms with Gasteiger partial charge in [-0.2, -0.15) is 4.98 Å². The minimum absolute atomic E-state index is 0.0940. The Balaban J connectivity index is 1.39. The van der Waals surface area contributed by atoms with E-state index in [2.05, 4.69) is 36.3 Å². The number of aromatic nitrogens is 2. The van der Waals surface area contributed by atoms with Crippen LogP contribution in [0.5, 0.6) is 0 Å². The lowest BCUT2D eigenvalue weighted by molar-refractivity contribution is -0.116. The summed E-state index contributed by atoms with van der Waals surface area (Å²) in [6.45, 7) is 2.98. The average Bonchev–Trinajstić information content (AvgIpc) is 3.39. The van der Waals surface area contributed by atoms with Crippen LogP contribution in [-0.2, 0) is 16.0 Å². The second kappa shape index (κ2) is 8.85. The summed E-state index contributed by atoms with van der Waals surface area (Å²) in [6.07, 6.45) is 0.659. The first-order chi connectivity index (χ1) is 13.7. The quantitative estimate of drug-likeness (QED) is 0.596. The Morgan fingerprint density at radius 2 is 2.14 bits per heavy atom. The number of amides is 1. The zero-order valence-electron chi connectivity index (χ0n) is 15.1. The predicted molar refractivity (Wildman–Crippen MR) is 112 cm³/mol. The van der Waals surface area contributed by atoms with Gasteiger partial charge in [0, 0.05) is 30.4 Å². The van der Waals surface area contributed by atoms with Crippen LogP contribution >= 0.6 is 27.3 Å². The van der Waals surface area contributed by atoms with Gasteiger partial charge in [-0.3, -0.25) is 4.79 Å². The molecule has 1 aliphatic heterocycles. The molecule has 1 amide bonds. The van der Waals surface area contributed by atoms with E-state index in [0.717, 1.165) is 33.8 Å². The van der Waals surface area contributed by atoms with Gasteiger partial charge in [0.1, 0.15) is 0 Å². The summed E-state index contributed by atoms with van der Waals surface area (Å²) in [5, 5.41) is 8.95. The maximum atomic E-state index is 12.5. The van der Waals surface area contributed by atoms with Gasteiger partial charge in [-0.1, -0.05) is 27.2 Å². The highest BCUT2D eigenvalue weighted by atomic mass is 79.9. The van der Waals surface area contributed by atoms with E-state index in [1.807, 2.05) is 35.7 Å². The van der Waals surface area contributed by atoms with Crippen LogP contribution in [0.1, 0.15) is 12.3 Å². The van der Waals surface area contributed by atoms with Gasteiger partial charge in [0.15, 0.2) is 0 Å². The fourth-order valence-corrected chi connectivity index (χ4v) is 3.99. The van der Waals surface area contributed by atoms with E-state index < -0.39 is 0 Å². The van der Waals surface area contributed by atoms with Crippen LogP contribution in [0.2, 0.25) is 0 Å². The summed E-state index contributed by atoms with van der Waals surface area (Å²) in [5.74, 6) is 0.927. The van der Waals surface area contributed by atoms with Gasteiger partial charge in [0.2, 0.25) is 17.6 Å². The second-order valence-corrected chi connectivity index (χ2v) is 8.16. The van der Waals surface area contributed by atoms with Crippen molar-refractivity contribution >= 4 is 44.5 Å². The van der Waals surface area contributed by atoms with Crippen LogP contribution in [0.3, 0.4) is 0 Å². The SMILES string of the molecule is O=C(CCc1nc(-c2cccs2)no1)Nc1cc(Br)ccc1N1CCOCC1. The molecule has 1 N–H and O–H groups in total. The lowest BCUT2D eigenvalue weighted by Gasteiger charge is -2.30. The largest absolute Gasteiger partial charge is 0.378 e. The third-order valence-corrected chi connectivity index (χ3v) is 5.72. The van der Waals surface area contributed by atoms with Crippen LogP contribution in [-0.4, -0.2) is 42.4 Å². The number of halogens is 1. The van der Waals surface area contributed by atoms with Crippen molar-refractivity contribution in [3.63, 3.8) is 0 Å². The molecule has 3 heterocycles. The van der Waals surface area contributed by atoms with Gasteiger partial charge in [0.25, 0.3) is 0 Å². The Labute approximate surface area is 174 Å². The minimum atomic E-state index is -0.0940. The number of benzene rings is 1. The number of hydrogen-bond acceptors (Lipinski definition) is 7. The second-order valence-electron chi connectivity index (χ2n) is 6.30. The first-order valence-corrected chi connectivity index (χ1v) is 10.6. The van der Waals surface area contributed by atoms with Crippen LogP contribution in [0.15, 0.2) is 44.7 Å². The number of hydrogen-bond donors (Lipinski definition) is 1. The molecule has 0 unspecified atom stereocenters. The highest BCUT2D eigenvalue weighted by Crippen LogP contribution is 2.30. The standard InChI is InChI=1S/C19H19BrN4O3S/c20-13-3-4-15(24-7-9-26-10-8-24)14(12-13)21-17(25)5-6-18-22-19(23-27-18)16-2-1-11-28-16/h1-4,11-12H,5-10H2,(H,21,25). The molecule has 146 valence electrons. The molecular weight excluding hydrogens is 444 g/mol. The Morgan fingerprint density at radius 3 is 2.93 bits per heavy atom. The Hall–Kier alpha value is -2.23. The summed E-state index contributed by atoms with van der Waals surface area (Å²) >= 11 is 5.03. The Bertz CT molecular complexity index is 939. The summed E-state index contributed by atoms with van der Waals surface area (Å²) in [7, 11) is 0. The third kappa shape index (κ3) is 4.60. The first-order valence-electron chi connectivity index (χ1n) is 8.97. The molecule has 1 saturated heterocycles. The Morgan fingerprint density at radius 1 is 1.29 bits per heavy atom. The number of nitrogens with one attached hydrogen (secondary N) is 1. The molecule has 3 aromatic rings. The monoisotopic (exact) mass is 462 g/mol. The summed E-state index contributed by atoms with van der Waals surface area (Å²) in [4.78, 5) is 20.0. The molecule has 1 aromatic carbocycles. The number of anilines is 2. The van der Waals surface area contributed by atoms with Crippen LogP contribution in [0.4, 0.5) is 11.4 Å². The molecule has 0 saturated carbocycles. The van der Waals surface area contributed by atoms with E-state index in [0.29, 0.717) is 31.3 Å². The highest BCUT2D eigenvalue weighted by Gasteiger charge is 2.17. The minimum Gasteiger partial charge on any atom is -0.378 e. The van der Waals surface area contributed by atoms with E-state index in [1.54, 1.807) is 11.3 Å². The van der Waals surface area contributed by atoms with Gasteiger partial charge in [-0.25, -0.2) is 0 Å². The fourth-order valence-electron chi connectivity index (χ4n) is 2.98. The molecule has 0 spiro atoms. The molecule has 7 nitrogen and oxygen atoms in total. The van der Waals surface area contributed by atoms with Crippen LogP contribution in [0, 0.1) is 0 Å². The van der Waals surface area contributed by atoms with Gasteiger partial charge < -0.3 is 19.5 Å². The topological polar surface area (TPSA) is 80.5 Å². The summed E-state index contributed by atoms with van der Waals surface area (Å²) in [6, 6.07) is 9.78. The molecule has 28 heavy (non-hydrogen) atoms. The third-order valence-electron chi connectivity index (χ3n) is 4.36. The molecule has 0 atom stereocenters. The fraction of sp³-hybridized carbons (Fsp3) is 0.316. The first kappa shape index (κ1) is 19.1. The number of nitrogens with zero attached hydrogens (tertiary/aromatic N) is 3. The number of carbonyl (C=O) groups is 1. The van der Waals surface area contributed by atoms with Gasteiger partial charge in [0.05, 0.1) is 29.5 Å². The molecule has 0 aliphatic carbocycles. The molecule has 0 bridgehead atoms. The van der Waals surface area contributed by atoms with Crippen molar-refractivity contribution in [3.8, 4) is 10.7 Å². The van der Waals surface area contributed by atoms with Crippen molar-refractivity contribution in [2.24, 2.45) is 0 Å². The van der Waals surface area contributed by atoms with Gasteiger partial charge >= 0.3 is 0 Å². The van der Waals surface area contributed by atoms with Crippen molar-refractivity contribution in [1.82, 2.24) is 10.1 Å². The van der Waals surface area contributed by atoms with Crippen molar-refractivity contribution in [2.45, 2.75) is 12.8 Å². The number of ether oxygens (including phenoxy) is 1. The lowest BCUT2D eigenvalue weighted by Crippen LogP contribution is -2.36. The van der Waals surface area contributed by atoms with Crippen LogP contribution < -0.4 is 10.2 Å². The van der Waals surface area contributed by atoms with Crippen molar-refractivity contribution in [3.05, 3.63) is 46.1 Å². The molecule has 0 radical (unpaired) electrons. The zero-order chi connectivity index (χ0) is 19.3. The number of carbonyl (C=O) groups excluding carboxylic acids is 1. The molecule has 1 aliphatic rings. The van der Waals surface area contributed by atoms with Gasteiger partial charge in [-0.05, 0) is 29.6 Å². The molecule has 4 rings (SSSR count). The molecule has 1 fully saturated rings. The van der Waals surface area contributed by atoms with Gasteiger partial charge in [-0.15, -0.1) is 11.3 Å². The predicted octanol–water partition coefficient (Wildman–Crippen LogP) is 3.97. The maximum Gasteiger partial charge on any atom is 0.227 e. The van der Waals surface area contributed by atoms with E-state index >= 15 is 0 Å². The van der Waals surface area contributed by atoms with Crippen LogP contribution in [0.25, 0.3) is 10.7 Å². The molecule has 2 aromatic heterocycles. The van der Waals surface area contributed by atoms with E-state index in [-0.39, 0.29) is 12.3 Å². The molecular formula is C19H19BrN4O3S. The molecule has 9 heteroatoms.